The van der Waals surface area contributed by atoms with Crippen molar-refractivity contribution in [2.45, 2.75) is 40.2 Å². The van der Waals surface area contributed by atoms with Crippen LogP contribution in [0, 0.1) is 0 Å². The molecule has 0 saturated heterocycles. The van der Waals surface area contributed by atoms with Gasteiger partial charge in [0.15, 0.2) is 11.6 Å². The second-order valence-corrected chi connectivity index (χ2v) is 6.80. The van der Waals surface area contributed by atoms with E-state index in [2.05, 4.69) is 0 Å². The van der Waals surface area contributed by atoms with Crippen LogP contribution in [0.25, 0.3) is 0 Å². The minimum absolute atomic E-state index is 0.102. The number of ketones is 2. The van der Waals surface area contributed by atoms with E-state index in [9.17, 15) is 24.6 Å². The van der Waals surface area contributed by atoms with E-state index >= 15 is 0 Å². The highest BCUT2D eigenvalue weighted by Gasteiger charge is 2.34. The van der Waals surface area contributed by atoms with Gasteiger partial charge in [0.2, 0.25) is 0 Å². The number of esters is 1. The van der Waals surface area contributed by atoms with Crippen LogP contribution in [0.2, 0.25) is 0 Å². The lowest BCUT2D eigenvalue weighted by atomic mass is 9.85. The van der Waals surface area contributed by atoms with Gasteiger partial charge in [-0.1, -0.05) is 17.2 Å². The highest BCUT2D eigenvalue weighted by molar-refractivity contribution is 6.27. The van der Waals surface area contributed by atoms with E-state index in [4.69, 9.17) is 4.74 Å². The molecule has 1 atom stereocenters. The molecule has 2 N–H and O–H groups in total. The zero-order chi connectivity index (χ0) is 20.3. The average molecular weight is 370 g/mol. The quantitative estimate of drug-likeness (QED) is 0.357. The Kier molecular flexibility index (Phi) is 6.13. The number of phenols is 1. The van der Waals surface area contributed by atoms with Crippen LogP contribution in [-0.4, -0.2) is 33.9 Å². The Labute approximate surface area is 157 Å². The summed E-state index contributed by atoms with van der Waals surface area (Å²) < 4.78 is 5.20. The SMILES string of the molecule is CC(C)=CC[C@H](O)C1=CC(=O)c2c(O)ccc(OC(=O)C=C(C)C)c2C1=O. The van der Waals surface area contributed by atoms with Crippen molar-refractivity contribution in [3.05, 3.63) is 58.2 Å². The molecule has 27 heavy (non-hydrogen) atoms. The number of phenolic OH excluding ortho intramolecular Hbond substituents is 1. The number of hydrogen-bond acceptors (Lipinski definition) is 6. The van der Waals surface area contributed by atoms with E-state index in [0.29, 0.717) is 5.57 Å². The summed E-state index contributed by atoms with van der Waals surface area (Å²) in [6, 6.07) is 2.44. The summed E-state index contributed by atoms with van der Waals surface area (Å²) in [6.07, 6.45) is 2.99. The summed E-state index contributed by atoms with van der Waals surface area (Å²) in [4.78, 5) is 37.3. The fourth-order valence-electron chi connectivity index (χ4n) is 2.65. The molecule has 1 aliphatic carbocycles. The van der Waals surface area contributed by atoms with Gasteiger partial charge in [0.05, 0.1) is 17.2 Å². The predicted molar refractivity (Wildman–Crippen MR) is 100.0 cm³/mol. The summed E-state index contributed by atoms with van der Waals surface area (Å²) in [5.41, 5.74) is 1.10. The maximum atomic E-state index is 12.9. The van der Waals surface area contributed by atoms with E-state index in [-0.39, 0.29) is 34.6 Å². The number of aliphatic hydroxyl groups is 1. The fraction of sp³-hybridized carbons (Fsp3) is 0.286. The van der Waals surface area contributed by atoms with Crippen molar-refractivity contribution >= 4 is 17.5 Å². The van der Waals surface area contributed by atoms with Crippen LogP contribution in [0.1, 0.15) is 54.8 Å². The Morgan fingerprint density at radius 3 is 2.37 bits per heavy atom. The fourth-order valence-corrected chi connectivity index (χ4v) is 2.65. The van der Waals surface area contributed by atoms with Gasteiger partial charge < -0.3 is 14.9 Å². The minimum Gasteiger partial charge on any atom is -0.507 e. The molecule has 0 heterocycles. The number of carbonyl (C=O) groups excluding carboxylic acids is 3. The smallest absolute Gasteiger partial charge is 0.336 e. The van der Waals surface area contributed by atoms with Gasteiger partial charge in [-0.3, -0.25) is 9.59 Å². The molecule has 2 rings (SSSR count). The van der Waals surface area contributed by atoms with Crippen molar-refractivity contribution in [1.82, 2.24) is 0 Å². The minimum atomic E-state index is -1.19. The van der Waals surface area contributed by atoms with Crippen molar-refractivity contribution in [1.29, 1.82) is 0 Å². The van der Waals surface area contributed by atoms with Gasteiger partial charge in [-0.25, -0.2) is 4.79 Å². The number of rotatable bonds is 5. The molecular formula is C21H22O6. The summed E-state index contributed by atoms with van der Waals surface area (Å²) in [7, 11) is 0. The standard InChI is InChI=1S/C21H22O6/c1-11(2)5-6-14(22)13-10-16(24)19-15(23)7-8-17(20(19)21(13)26)27-18(25)9-12(3)4/h5,7-10,14,22-23H,6H2,1-4H3/t14-/m0/s1. The Balaban J connectivity index is 2.49. The summed E-state index contributed by atoms with van der Waals surface area (Å²) in [5.74, 6) is -2.52. The molecule has 6 nitrogen and oxygen atoms in total. The molecule has 0 fully saturated rings. The molecule has 1 aromatic rings. The molecule has 0 aliphatic heterocycles. The van der Waals surface area contributed by atoms with Crippen molar-refractivity contribution < 1.29 is 29.3 Å². The second kappa shape index (κ2) is 8.14. The molecule has 0 spiro atoms. The Bertz CT molecular complexity index is 893. The molecule has 6 heteroatoms. The number of allylic oxidation sites excluding steroid dienone is 3. The van der Waals surface area contributed by atoms with Gasteiger partial charge in [-0.2, -0.15) is 0 Å². The van der Waals surface area contributed by atoms with Crippen molar-refractivity contribution in [3.63, 3.8) is 0 Å². The van der Waals surface area contributed by atoms with Crippen LogP contribution in [0.3, 0.4) is 0 Å². The van der Waals surface area contributed by atoms with Crippen LogP contribution in [0.5, 0.6) is 11.5 Å². The number of benzene rings is 1. The molecule has 0 radical (unpaired) electrons. The van der Waals surface area contributed by atoms with Crippen LogP contribution < -0.4 is 4.74 Å². The van der Waals surface area contributed by atoms with Crippen LogP contribution >= 0.6 is 0 Å². The second-order valence-electron chi connectivity index (χ2n) is 6.80. The maximum absolute atomic E-state index is 12.9. The third-order valence-electron chi connectivity index (χ3n) is 3.89. The van der Waals surface area contributed by atoms with E-state index < -0.39 is 23.6 Å². The molecule has 0 unspecified atom stereocenters. The number of fused-ring (bicyclic) bond motifs is 1. The van der Waals surface area contributed by atoms with E-state index in [1.165, 1.54) is 18.2 Å². The molecule has 0 aromatic heterocycles. The zero-order valence-electron chi connectivity index (χ0n) is 15.7. The third kappa shape index (κ3) is 4.60. The Morgan fingerprint density at radius 2 is 1.78 bits per heavy atom. The van der Waals surface area contributed by atoms with E-state index in [1.54, 1.807) is 19.9 Å². The van der Waals surface area contributed by atoms with Crippen molar-refractivity contribution in [2.75, 3.05) is 0 Å². The lowest BCUT2D eigenvalue weighted by Crippen LogP contribution is -2.26. The van der Waals surface area contributed by atoms with Gasteiger partial charge in [0.25, 0.3) is 0 Å². The largest absolute Gasteiger partial charge is 0.507 e. The van der Waals surface area contributed by atoms with Crippen molar-refractivity contribution in [2.24, 2.45) is 0 Å². The molecule has 142 valence electrons. The van der Waals surface area contributed by atoms with Crippen molar-refractivity contribution in [3.8, 4) is 11.5 Å². The Hall–Kier alpha value is -2.99. The molecular weight excluding hydrogens is 348 g/mol. The van der Waals surface area contributed by atoms with Gasteiger partial charge in [-0.05, 0) is 52.3 Å². The summed E-state index contributed by atoms with van der Waals surface area (Å²) in [6.45, 7) is 7.12. The highest BCUT2D eigenvalue weighted by atomic mass is 16.5. The highest BCUT2D eigenvalue weighted by Crippen LogP contribution is 2.36. The first-order valence-corrected chi connectivity index (χ1v) is 8.46. The van der Waals surface area contributed by atoms with Crippen LogP contribution in [0.15, 0.2) is 47.1 Å². The van der Waals surface area contributed by atoms with Gasteiger partial charge >= 0.3 is 5.97 Å². The maximum Gasteiger partial charge on any atom is 0.336 e. The number of carbonyl (C=O) groups is 3. The van der Waals surface area contributed by atoms with Gasteiger partial charge in [0, 0.05) is 11.6 Å². The number of aliphatic hydroxyl groups excluding tert-OH is 1. The number of hydrogen-bond donors (Lipinski definition) is 2. The molecule has 0 bridgehead atoms. The molecule has 0 amide bonds. The molecule has 1 aliphatic rings. The monoisotopic (exact) mass is 370 g/mol. The van der Waals surface area contributed by atoms with Crippen LogP contribution in [-0.2, 0) is 4.79 Å². The summed E-state index contributed by atoms with van der Waals surface area (Å²) in [5, 5.41) is 20.4. The number of aromatic hydroxyl groups is 1. The van der Waals surface area contributed by atoms with Gasteiger partial charge in [-0.15, -0.1) is 0 Å². The third-order valence-corrected chi connectivity index (χ3v) is 3.89. The topological polar surface area (TPSA) is 101 Å². The van der Waals surface area contributed by atoms with E-state index in [1.807, 2.05) is 13.8 Å². The average Bonchev–Trinajstić information content (AvgIpc) is 2.56. The predicted octanol–water partition coefficient (Wildman–Crippen LogP) is 3.29. The normalized spacial score (nSPS) is 14.0. The molecule has 1 aromatic carbocycles. The summed E-state index contributed by atoms with van der Waals surface area (Å²) >= 11 is 0. The number of ether oxygens (including phenoxy) is 1. The molecule has 0 saturated carbocycles. The first-order valence-electron chi connectivity index (χ1n) is 8.46. The zero-order valence-corrected chi connectivity index (χ0v) is 15.7. The first kappa shape index (κ1) is 20.3. The Morgan fingerprint density at radius 1 is 1.11 bits per heavy atom. The first-order chi connectivity index (χ1) is 12.6. The van der Waals surface area contributed by atoms with Crippen LogP contribution in [0.4, 0.5) is 0 Å². The lowest BCUT2D eigenvalue weighted by Gasteiger charge is -2.21. The number of Topliss-reactive ketones (excluding diaryl/α,β-unsaturated/α-hetero) is 1. The van der Waals surface area contributed by atoms with Gasteiger partial charge in [0.1, 0.15) is 11.5 Å². The lowest BCUT2D eigenvalue weighted by molar-refractivity contribution is -0.129. The van der Waals surface area contributed by atoms with E-state index in [0.717, 1.165) is 11.6 Å².